The second-order valence-electron chi connectivity index (χ2n) is 5.44. The Bertz CT molecular complexity index is 686. The molecule has 1 atom stereocenters. The fraction of sp³-hybridized carbons (Fsp3) is 0.278. The zero-order valence-electron chi connectivity index (χ0n) is 12.5. The molecule has 3 nitrogen and oxygen atoms in total. The quantitative estimate of drug-likeness (QED) is 0.862. The van der Waals surface area contributed by atoms with Gasteiger partial charge in [-0.05, 0) is 48.7 Å². The molecule has 1 amide bonds. The average molecular weight is 299 g/mol. The van der Waals surface area contributed by atoms with Gasteiger partial charge in [-0.1, -0.05) is 18.2 Å². The largest absolute Gasteiger partial charge is 0.497 e. The van der Waals surface area contributed by atoms with E-state index in [9.17, 15) is 9.18 Å². The summed E-state index contributed by atoms with van der Waals surface area (Å²) < 4.78 is 18.6. The van der Waals surface area contributed by atoms with Crippen LogP contribution < -0.4 is 4.74 Å². The molecule has 0 spiro atoms. The molecule has 0 saturated carbocycles. The first-order valence-electron chi connectivity index (χ1n) is 7.39. The van der Waals surface area contributed by atoms with Crippen LogP contribution in [0, 0.1) is 5.82 Å². The van der Waals surface area contributed by atoms with Gasteiger partial charge in [-0.15, -0.1) is 0 Å². The molecule has 1 aliphatic rings. The van der Waals surface area contributed by atoms with Crippen LogP contribution in [0.2, 0.25) is 0 Å². The molecule has 0 aromatic heterocycles. The van der Waals surface area contributed by atoms with Crippen LogP contribution in [0.15, 0.2) is 48.5 Å². The number of benzene rings is 2. The Morgan fingerprint density at radius 2 is 2.05 bits per heavy atom. The van der Waals surface area contributed by atoms with Crippen molar-refractivity contribution < 1.29 is 13.9 Å². The van der Waals surface area contributed by atoms with Gasteiger partial charge in [0.2, 0.25) is 0 Å². The zero-order chi connectivity index (χ0) is 15.5. The van der Waals surface area contributed by atoms with Crippen LogP contribution in [0.1, 0.15) is 34.8 Å². The SMILES string of the molecule is COc1cccc(C2CCCN2C(=O)c2cccc(F)c2)c1. The van der Waals surface area contributed by atoms with E-state index in [0.717, 1.165) is 24.2 Å². The Kier molecular flexibility index (Phi) is 4.09. The van der Waals surface area contributed by atoms with Crippen LogP contribution >= 0.6 is 0 Å². The Balaban J connectivity index is 1.88. The number of carbonyl (C=O) groups excluding carboxylic acids is 1. The number of hydrogen-bond acceptors (Lipinski definition) is 2. The predicted molar refractivity (Wildman–Crippen MR) is 82.4 cm³/mol. The number of likely N-dealkylation sites (tertiary alicyclic amines) is 1. The fourth-order valence-electron chi connectivity index (χ4n) is 2.99. The van der Waals surface area contributed by atoms with Crippen molar-refractivity contribution in [1.82, 2.24) is 4.90 Å². The van der Waals surface area contributed by atoms with Gasteiger partial charge in [0, 0.05) is 12.1 Å². The average Bonchev–Trinajstić information content (AvgIpc) is 3.04. The number of methoxy groups -OCH3 is 1. The highest BCUT2D eigenvalue weighted by atomic mass is 19.1. The molecule has 114 valence electrons. The molecule has 1 saturated heterocycles. The van der Waals surface area contributed by atoms with E-state index in [1.165, 1.54) is 12.1 Å². The van der Waals surface area contributed by atoms with E-state index >= 15 is 0 Å². The number of nitrogens with zero attached hydrogens (tertiary/aromatic N) is 1. The third kappa shape index (κ3) is 2.82. The minimum absolute atomic E-state index is 0.0193. The topological polar surface area (TPSA) is 29.5 Å². The van der Waals surface area contributed by atoms with Gasteiger partial charge in [-0.2, -0.15) is 0 Å². The summed E-state index contributed by atoms with van der Waals surface area (Å²) in [5, 5.41) is 0. The molecule has 2 aromatic carbocycles. The molecule has 4 heteroatoms. The molecule has 22 heavy (non-hydrogen) atoms. The van der Waals surface area contributed by atoms with E-state index in [1.807, 2.05) is 29.2 Å². The molecule has 3 rings (SSSR count). The number of ether oxygens (including phenoxy) is 1. The summed E-state index contributed by atoms with van der Waals surface area (Å²) in [5.41, 5.74) is 1.45. The van der Waals surface area contributed by atoms with Crippen molar-refractivity contribution in [3.63, 3.8) is 0 Å². The normalized spacial score (nSPS) is 17.5. The fourth-order valence-corrected chi connectivity index (χ4v) is 2.99. The summed E-state index contributed by atoms with van der Waals surface area (Å²) in [5.74, 6) is 0.273. The first-order valence-corrected chi connectivity index (χ1v) is 7.39. The molecular weight excluding hydrogens is 281 g/mol. The Hall–Kier alpha value is -2.36. The third-order valence-corrected chi connectivity index (χ3v) is 4.06. The summed E-state index contributed by atoms with van der Waals surface area (Å²) in [6.45, 7) is 0.692. The highest BCUT2D eigenvalue weighted by Crippen LogP contribution is 2.34. The van der Waals surface area contributed by atoms with Crippen molar-refractivity contribution in [1.29, 1.82) is 0 Å². The van der Waals surface area contributed by atoms with Crippen molar-refractivity contribution in [2.24, 2.45) is 0 Å². The molecule has 1 fully saturated rings. The van der Waals surface area contributed by atoms with Crippen molar-refractivity contribution >= 4 is 5.91 Å². The van der Waals surface area contributed by atoms with Crippen LogP contribution in [0.3, 0.4) is 0 Å². The molecule has 1 aliphatic heterocycles. The lowest BCUT2D eigenvalue weighted by molar-refractivity contribution is 0.0735. The third-order valence-electron chi connectivity index (χ3n) is 4.06. The van der Waals surface area contributed by atoms with Gasteiger partial charge in [0.15, 0.2) is 0 Å². The molecule has 0 bridgehead atoms. The highest BCUT2D eigenvalue weighted by molar-refractivity contribution is 5.94. The number of carbonyl (C=O) groups is 1. The van der Waals surface area contributed by atoms with Gasteiger partial charge in [-0.3, -0.25) is 4.79 Å². The summed E-state index contributed by atoms with van der Waals surface area (Å²) in [7, 11) is 1.63. The van der Waals surface area contributed by atoms with Crippen molar-refractivity contribution in [2.75, 3.05) is 13.7 Å². The Labute approximate surface area is 129 Å². The van der Waals surface area contributed by atoms with E-state index in [4.69, 9.17) is 4.74 Å². The maximum absolute atomic E-state index is 13.3. The minimum Gasteiger partial charge on any atom is -0.497 e. The Morgan fingerprint density at radius 3 is 2.82 bits per heavy atom. The lowest BCUT2D eigenvalue weighted by Crippen LogP contribution is -2.30. The Morgan fingerprint density at radius 1 is 1.23 bits per heavy atom. The van der Waals surface area contributed by atoms with E-state index in [2.05, 4.69) is 0 Å². The van der Waals surface area contributed by atoms with Crippen LogP contribution in [0.25, 0.3) is 0 Å². The number of halogens is 1. The molecule has 0 N–H and O–H groups in total. The summed E-state index contributed by atoms with van der Waals surface area (Å²) >= 11 is 0. The van der Waals surface area contributed by atoms with Crippen molar-refractivity contribution in [3.05, 3.63) is 65.5 Å². The van der Waals surface area contributed by atoms with Gasteiger partial charge in [0.25, 0.3) is 5.91 Å². The van der Waals surface area contributed by atoms with Gasteiger partial charge in [-0.25, -0.2) is 4.39 Å². The second-order valence-corrected chi connectivity index (χ2v) is 5.44. The highest BCUT2D eigenvalue weighted by Gasteiger charge is 2.30. The molecule has 1 unspecified atom stereocenters. The van der Waals surface area contributed by atoms with E-state index < -0.39 is 0 Å². The first-order chi connectivity index (χ1) is 10.7. The van der Waals surface area contributed by atoms with E-state index in [0.29, 0.717) is 12.1 Å². The summed E-state index contributed by atoms with van der Waals surface area (Å²) in [6, 6.07) is 13.7. The molecular formula is C18H18FNO2. The standard InChI is InChI=1S/C18H18FNO2/c1-22-16-8-3-5-13(12-16)17-9-4-10-20(17)18(21)14-6-2-7-15(19)11-14/h2-3,5-8,11-12,17H,4,9-10H2,1H3. The monoisotopic (exact) mass is 299 g/mol. The lowest BCUT2D eigenvalue weighted by Gasteiger charge is -2.25. The van der Waals surface area contributed by atoms with Gasteiger partial charge < -0.3 is 9.64 Å². The maximum atomic E-state index is 13.3. The number of amides is 1. The summed E-state index contributed by atoms with van der Waals surface area (Å²) in [6.07, 6.45) is 1.86. The number of rotatable bonds is 3. The maximum Gasteiger partial charge on any atom is 0.254 e. The van der Waals surface area contributed by atoms with Gasteiger partial charge >= 0.3 is 0 Å². The lowest BCUT2D eigenvalue weighted by atomic mass is 10.0. The number of hydrogen-bond donors (Lipinski definition) is 0. The smallest absolute Gasteiger partial charge is 0.254 e. The van der Waals surface area contributed by atoms with Gasteiger partial charge in [0.05, 0.1) is 13.2 Å². The second kappa shape index (κ2) is 6.18. The van der Waals surface area contributed by atoms with Crippen LogP contribution in [-0.2, 0) is 0 Å². The molecule has 1 heterocycles. The van der Waals surface area contributed by atoms with Crippen LogP contribution in [-0.4, -0.2) is 24.5 Å². The van der Waals surface area contributed by atoms with Crippen molar-refractivity contribution in [2.45, 2.75) is 18.9 Å². The predicted octanol–water partition coefficient (Wildman–Crippen LogP) is 3.81. The van der Waals surface area contributed by atoms with E-state index in [1.54, 1.807) is 19.2 Å². The minimum atomic E-state index is -0.386. The molecule has 0 radical (unpaired) electrons. The first kappa shape index (κ1) is 14.6. The summed E-state index contributed by atoms with van der Waals surface area (Å²) in [4.78, 5) is 14.5. The molecule has 2 aromatic rings. The molecule has 0 aliphatic carbocycles. The van der Waals surface area contributed by atoms with Gasteiger partial charge in [0.1, 0.15) is 11.6 Å². The van der Waals surface area contributed by atoms with Crippen molar-refractivity contribution in [3.8, 4) is 5.75 Å². The van der Waals surface area contributed by atoms with Crippen LogP contribution in [0.5, 0.6) is 5.75 Å². The van der Waals surface area contributed by atoms with E-state index in [-0.39, 0.29) is 17.8 Å². The van der Waals surface area contributed by atoms with Crippen LogP contribution in [0.4, 0.5) is 4.39 Å². The zero-order valence-corrected chi connectivity index (χ0v) is 12.5.